The zero-order valence-corrected chi connectivity index (χ0v) is 14.9. The van der Waals surface area contributed by atoms with Crippen LogP contribution in [0.15, 0.2) is 54.6 Å². The molecule has 3 rings (SSSR count). The number of carbonyl (C=O) groups is 1. The summed E-state index contributed by atoms with van der Waals surface area (Å²) >= 11 is 0. The Morgan fingerprint density at radius 2 is 1.84 bits per heavy atom. The zero-order valence-electron chi connectivity index (χ0n) is 14.9. The quantitative estimate of drug-likeness (QED) is 0.858. The summed E-state index contributed by atoms with van der Waals surface area (Å²) in [6.07, 6.45) is 1.30. The Bertz CT molecular complexity index is 715. The molecule has 4 heteroatoms. The van der Waals surface area contributed by atoms with E-state index in [-0.39, 0.29) is 6.04 Å². The van der Waals surface area contributed by atoms with Gasteiger partial charge >= 0.3 is 6.09 Å². The minimum atomic E-state index is -0.890. The van der Waals surface area contributed by atoms with Gasteiger partial charge in [-0.05, 0) is 44.9 Å². The van der Waals surface area contributed by atoms with Gasteiger partial charge in [0.2, 0.25) is 0 Å². The number of benzene rings is 2. The van der Waals surface area contributed by atoms with E-state index in [1.165, 1.54) is 4.90 Å². The molecule has 2 aromatic carbocycles. The maximum Gasteiger partial charge on any atom is 0.411 e. The van der Waals surface area contributed by atoms with E-state index < -0.39 is 6.09 Å². The van der Waals surface area contributed by atoms with Gasteiger partial charge in [0.05, 0.1) is 5.69 Å². The topological polar surface area (TPSA) is 43.8 Å². The van der Waals surface area contributed by atoms with Gasteiger partial charge in [0, 0.05) is 24.2 Å². The Hall–Kier alpha value is -2.33. The molecule has 1 heterocycles. The van der Waals surface area contributed by atoms with Gasteiger partial charge < -0.3 is 5.11 Å². The van der Waals surface area contributed by atoms with E-state index in [2.05, 4.69) is 18.7 Å². The summed E-state index contributed by atoms with van der Waals surface area (Å²) in [7, 11) is 0. The van der Waals surface area contributed by atoms with E-state index in [4.69, 9.17) is 0 Å². The summed E-state index contributed by atoms with van der Waals surface area (Å²) in [5.74, 6) is 0. The van der Waals surface area contributed by atoms with Gasteiger partial charge in [-0.3, -0.25) is 9.80 Å². The lowest BCUT2D eigenvalue weighted by atomic mass is 10.0. The van der Waals surface area contributed by atoms with Crippen LogP contribution in [0.5, 0.6) is 0 Å². The highest BCUT2D eigenvalue weighted by molar-refractivity contribution is 5.92. The zero-order chi connectivity index (χ0) is 17.8. The molecule has 0 unspecified atom stereocenters. The van der Waals surface area contributed by atoms with Gasteiger partial charge in [-0.15, -0.1) is 0 Å². The fourth-order valence-electron chi connectivity index (χ4n) is 3.79. The van der Waals surface area contributed by atoms with Gasteiger partial charge in [-0.1, -0.05) is 48.5 Å². The first-order chi connectivity index (χ1) is 12.1. The molecule has 1 aliphatic rings. The predicted molar refractivity (Wildman–Crippen MR) is 102 cm³/mol. The lowest BCUT2D eigenvalue weighted by Crippen LogP contribution is -2.45. The van der Waals surface area contributed by atoms with Crippen molar-refractivity contribution in [2.24, 2.45) is 0 Å². The molecular formula is C21H26N2O2. The van der Waals surface area contributed by atoms with Gasteiger partial charge in [0.15, 0.2) is 0 Å². The number of anilines is 1. The third-order valence-electron chi connectivity index (χ3n) is 4.99. The number of likely N-dealkylation sites (tertiary alicyclic amines) is 1. The molecule has 0 spiro atoms. The number of carboxylic acid groups (broad SMARTS) is 1. The smallest absolute Gasteiger partial charge is 0.411 e. The second-order valence-corrected chi connectivity index (χ2v) is 6.90. The molecule has 4 nitrogen and oxygen atoms in total. The molecule has 0 saturated carbocycles. The molecule has 0 aromatic heterocycles. The molecular weight excluding hydrogens is 312 g/mol. The van der Waals surface area contributed by atoms with Crippen molar-refractivity contribution >= 4 is 11.8 Å². The average Bonchev–Trinajstić information content (AvgIpc) is 3.09. The summed E-state index contributed by atoms with van der Waals surface area (Å²) in [5.41, 5.74) is 2.76. The highest BCUT2D eigenvalue weighted by atomic mass is 16.4. The molecule has 1 saturated heterocycles. The van der Waals surface area contributed by atoms with Crippen LogP contribution in [0.4, 0.5) is 10.5 Å². The standard InChI is InChI=1S/C21H26N2O2/c1-16(2)22-14-8-11-18(22)15-23(21(24)25)20-13-7-6-12-19(20)17-9-4-3-5-10-17/h3-7,9-10,12-13,16,18H,8,11,14-15H2,1-2H3,(H,24,25)/t18-/m0/s1. The summed E-state index contributed by atoms with van der Waals surface area (Å²) in [4.78, 5) is 16.0. The van der Waals surface area contributed by atoms with Gasteiger partial charge in [-0.2, -0.15) is 0 Å². The monoisotopic (exact) mass is 338 g/mol. The van der Waals surface area contributed by atoms with E-state index in [0.717, 1.165) is 36.2 Å². The van der Waals surface area contributed by atoms with Crippen molar-refractivity contribution in [3.63, 3.8) is 0 Å². The van der Waals surface area contributed by atoms with Crippen LogP contribution < -0.4 is 4.90 Å². The molecule has 2 aromatic rings. The Morgan fingerprint density at radius 3 is 2.52 bits per heavy atom. The lowest BCUT2D eigenvalue weighted by molar-refractivity contribution is 0.186. The maximum absolute atomic E-state index is 12.1. The molecule has 1 aliphatic heterocycles. The van der Waals surface area contributed by atoms with Crippen molar-refractivity contribution < 1.29 is 9.90 Å². The number of hydrogen-bond acceptors (Lipinski definition) is 2. The van der Waals surface area contributed by atoms with Crippen LogP contribution in [0.2, 0.25) is 0 Å². The minimum Gasteiger partial charge on any atom is -0.465 e. The number of amides is 1. The van der Waals surface area contributed by atoms with Gasteiger partial charge in [0.25, 0.3) is 0 Å². The summed E-state index contributed by atoms with van der Waals surface area (Å²) in [6, 6.07) is 18.5. The van der Waals surface area contributed by atoms with E-state index >= 15 is 0 Å². The van der Waals surface area contributed by atoms with Crippen LogP contribution >= 0.6 is 0 Å². The van der Waals surface area contributed by atoms with E-state index in [1.54, 1.807) is 0 Å². The third kappa shape index (κ3) is 3.85. The van der Waals surface area contributed by atoms with Crippen LogP contribution in [-0.4, -0.2) is 41.3 Å². The average molecular weight is 338 g/mol. The molecule has 1 amide bonds. The molecule has 0 radical (unpaired) electrons. The van der Waals surface area contributed by atoms with Crippen molar-refractivity contribution in [2.75, 3.05) is 18.0 Å². The molecule has 0 aliphatic carbocycles. The van der Waals surface area contributed by atoms with Gasteiger partial charge in [0.1, 0.15) is 0 Å². The van der Waals surface area contributed by atoms with Crippen LogP contribution in [0, 0.1) is 0 Å². The van der Waals surface area contributed by atoms with Crippen molar-refractivity contribution in [3.05, 3.63) is 54.6 Å². The van der Waals surface area contributed by atoms with Crippen LogP contribution in [0.3, 0.4) is 0 Å². The number of para-hydroxylation sites is 1. The van der Waals surface area contributed by atoms with E-state index in [1.807, 2.05) is 54.6 Å². The predicted octanol–water partition coefficient (Wildman–Crippen LogP) is 4.71. The minimum absolute atomic E-state index is 0.278. The Kier molecular flexibility index (Phi) is 5.39. The molecule has 25 heavy (non-hydrogen) atoms. The Labute approximate surface area is 149 Å². The second-order valence-electron chi connectivity index (χ2n) is 6.90. The van der Waals surface area contributed by atoms with Crippen LogP contribution in [0.1, 0.15) is 26.7 Å². The van der Waals surface area contributed by atoms with Gasteiger partial charge in [-0.25, -0.2) is 4.79 Å². The Morgan fingerprint density at radius 1 is 1.16 bits per heavy atom. The highest BCUT2D eigenvalue weighted by Gasteiger charge is 2.31. The third-order valence-corrected chi connectivity index (χ3v) is 4.99. The highest BCUT2D eigenvalue weighted by Crippen LogP contribution is 2.32. The van der Waals surface area contributed by atoms with Crippen molar-refractivity contribution in [2.45, 2.75) is 38.8 Å². The summed E-state index contributed by atoms with van der Waals surface area (Å²) < 4.78 is 0. The molecule has 0 bridgehead atoms. The van der Waals surface area contributed by atoms with E-state index in [9.17, 15) is 9.90 Å². The number of hydrogen-bond donors (Lipinski definition) is 1. The first-order valence-electron chi connectivity index (χ1n) is 8.98. The normalized spacial score (nSPS) is 17.8. The molecule has 132 valence electrons. The fourth-order valence-corrected chi connectivity index (χ4v) is 3.79. The lowest BCUT2D eigenvalue weighted by Gasteiger charge is -2.32. The fraction of sp³-hybridized carbons (Fsp3) is 0.381. The van der Waals surface area contributed by atoms with Crippen molar-refractivity contribution in [1.82, 2.24) is 4.90 Å². The Balaban J connectivity index is 1.93. The SMILES string of the molecule is CC(C)N1CCC[C@H]1CN(C(=O)O)c1ccccc1-c1ccccc1. The second kappa shape index (κ2) is 7.70. The van der Waals surface area contributed by atoms with Crippen LogP contribution in [0.25, 0.3) is 11.1 Å². The number of nitrogens with zero attached hydrogens (tertiary/aromatic N) is 2. The first-order valence-corrected chi connectivity index (χ1v) is 8.98. The largest absolute Gasteiger partial charge is 0.465 e. The first kappa shape index (κ1) is 17.5. The van der Waals surface area contributed by atoms with Crippen molar-refractivity contribution in [3.8, 4) is 11.1 Å². The van der Waals surface area contributed by atoms with Crippen molar-refractivity contribution in [1.29, 1.82) is 0 Å². The van der Waals surface area contributed by atoms with Crippen LogP contribution in [-0.2, 0) is 0 Å². The number of rotatable bonds is 5. The molecule has 1 atom stereocenters. The summed E-state index contributed by atoms with van der Waals surface area (Å²) in [6.45, 7) is 5.93. The maximum atomic E-state index is 12.1. The molecule has 1 N–H and O–H groups in total. The van der Waals surface area contributed by atoms with E-state index in [0.29, 0.717) is 12.6 Å². The molecule has 1 fully saturated rings. The summed E-state index contributed by atoms with van der Waals surface area (Å²) in [5, 5.41) is 9.89.